The molecular weight excluding hydrogens is 418 g/mol. The van der Waals surface area contributed by atoms with Gasteiger partial charge in [0.25, 0.3) is 5.91 Å². The van der Waals surface area contributed by atoms with Crippen LogP contribution in [0, 0.1) is 6.92 Å². The summed E-state index contributed by atoms with van der Waals surface area (Å²) in [6.07, 6.45) is 3.77. The van der Waals surface area contributed by atoms with E-state index in [4.69, 9.17) is 9.15 Å². The average molecular weight is 448 g/mol. The van der Waals surface area contributed by atoms with E-state index in [2.05, 4.69) is 25.9 Å². The van der Waals surface area contributed by atoms with Gasteiger partial charge in [0.15, 0.2) is 12.6 Å². The molecule has 1 aliphatic carbocycles. The number of rotatable bonds is 9. The van der Waals surface area contributed by atoms with E-state index < -0.39 is 0 Å². The third kappa shape index (κ3) is 6.83. The zero-order valence-corrected chi connectivity index (χ0v) is 18.9. The average Bonchev–Trinajstić information content (AvgIpc) is 3.52. The second kappa shape index (κ2) is 10.7. The molecular formula is C25H29N5O3. The van der Waals surface area contributed by atoms with Crippen LogP contribution >= 0.6 is 0 Å². The standard InChI is InChI=1S/C25H29N5O3/c1-17-6-8-19(9-7-17)24-30-21(15-33-24)14-28-25(26-2)27-13-18-4-3-5-22(12-18)32-16-23(31)29-20-10-11-20/h3-9,12,15,20H,10-11,13-14,16H2,1-2H3,(H,29,31)(H2,26,27,28). The number of nitrogens with zero attached hydrogens (tertiary/aromatic N) is 2. The van der Waals surface area contributed by atoms with Crippen LogP contribution in [0.1, 0.15) is 29.7 Å². The molecule has 0 bridgehead atoms. The van der Waals surface area contributed by atoms with E-state index in [9.17, 15) is 4.79 Å². The zero-order valence-electron chi connectivity index (χ0n) is 18.9. The lowest BCUT2D eigenvalue weighted by Crippen LogP contribution is -2.36. The predicted octanol–water partition coefficient (Wildman–Crippen LogP) is 3.17. The van der Waals surface area contributed by atoms with Crippen LogP contribution in [-0.4, -0.2) is 36.5 Å². The van der Waals surface area contributed by atoms with Crippen LogP contribution in [0.4, 0.5) is 0 Å². The summed E-state index contributed by atoms with van der Waals surface area (Å²) in [7, 11) is 1.72. The lowest BCUT2D eigenvalue weighted by Gasteiger charge is -2.12. The van der Waals surface area contributed by atoms with Crippen molar-refractivity contribution in [2.75, 3.05) is 13.7 Å². The maximum absolute atomic E-state index is 11.8. The molecule has 172 valence electrons. The van der Waals surface area contributed by atoms with Gasteiger partial charge in [-0.3, -0.25) is 9.79 Å². The molecule has 8 heteroatoms. The van der Waals surface area contributed by atoms with Crippen molar-refractivity contribution >= 4 is 11.9 Å². The summed E-state index contributed by atoms with van der Waals surface area (Å²) in [5, 5.41) is 9.43. The Balaban J connectivity index is 1.24. The first-order chi connectivity index (χ1) is 16.1. The van der Waals surface area contributed by atoms with Gasteiger partial charge in [-0.15, -0.1) is 0 Å². The SMILES string of the molecule is CN=C(NCc1cccc(OCC(=O)NC2CC2)c1)NCc1coc(-c2ccc(C)cc2)n1. The second-order valence-corrected chi connectivity index (χ2v) is 8.07. The van der Waals surface area contributed by atoms with Crippen molar-refractivity contribution in [1.82, 2.24) is 20.9 Å². The van der Waals surface area contributed by atoms with Crippen molar-refractivity contribution < 1.29 is 13.9 Å². The van der Waals surface area contributed by atoms with Crippen LogP contribution in [0.3, 0.4) is 0 Å². The Kier molecular flexibility index (Phi) is 7.24. The molecule has 1 saturated carbocycles. The fourth-order valence-electron chi connectivity index (χ4n) is 3.19. The fourth-order valence-corrected chi connectivity index (χ4v) is 3.19. The van der Waals surface area contributed by atoms with Gasteiger partial charge in [-0.05, 0) is 49.6 Å². The Labute approximate surface area is 193 Å². The zero-order chi connectivity index (χ0) is 23.0. The molecule has 4 rings (SSSR count). The van der Waals surface area contributed by atoms with Crippen LogP contribution in [-0.2, 0) is 17.9 Å². The van der Waals surface area contributed by atoms with E-state index in [0.29, 0.717) is 36.7 Å². The number of aliphatic imine (C=N–C) groups is 1. The number of carbonyl (C=O) groups is 1. The highest BCUT2D eigenvalue weighted by Gasteiger charge is 2.23. The first kappa shape index (κ1) is 22.4. The van der Waals surface area contributed by atoms with Crippen molar-refractivity contribution in [2.24, 2.45) is 4.99 Å². The number of benzene rings is 2. The summed E-state index contributed by atoms with van der Waals surface area (Å²) in [6.45, 7) is 3.11. The van der Waals surface area contributed by atoms with Gasteiger partial charge in [0, 0.05) is 25.2 Å². The van der Waals surface area contributed by atoms with E-state index in [1.807, 2.05) is 55.5 Å². The molecule has 0 spiro atoms. The van der Waals surface area contributed by atoms with E-state index in [1.54, 1.807) is 13.3 Å². The summed E-state index contributed by atoms with van der Waals surface area (Å²) in [5.74, 6) is 1.82. The molecule has 0 unspecified atom stereocenters. The monoisotopic (exact) mass is 447 g/mol. The largest absolute Gasteiger partial charge is 0.484 e. The number of carbonyl (C=O) groups excluding carboxylic acids is 1. The number of amides is 1. The lowest BCUT2D eigenvalue weighted by atomic mass is 10.1. The topological polar surface area (TPSA) is 101 Å². The lowest BCUT2D eigenvalue weighted by molar-refractivity contribution is -0.123. The number of nitrogens with one attached hydrogen (secondary N) is 3. The Morgan fingerprint density at radius 2 is 1.94 bits per heavy atom. The molecule has 0 atom stereocenters. The summed E-state index contributed by atoms with van der Waals surface area (Å²) >= 11 is 0. The maximum Gasteiger partial charge on any atom is 0.258 e. The number of oxazole rings is 1. The number of aryl methyl sites for hydroxylation is 1. The van der Waals surface area contributed by atoms with Gasteiger partial charge in [-0.25, -0.2) is 4.98 Å². The van der Waals surface area contributed by atoms with Gasteiger partial charge in [0.1, 0.15) is 12.0 Å². The summed E-state index contributed by atoms with van der Waals surface area (Å²) in [4.78, 5) is 20.6. The minimum atomic E-state index is -0.0796. The normalized spacial score (nSPS) is 13.5. The highest BCUT2D eigenvalue weighted by atomic mass is 16.5. The Morgan fingerprint density at radius 3 is 2.70 bits per heavy atom. The van der Waals surface area contributed by atoms with Gasteiger partial charge in [0.05, 0.1) is 12.2 Å². The van der Waals surface area contributed by atoms with Gasteiger partial charge in [-0.2, -0.15) is 0 Å². The van der Waals surface area contributed by atoms with Crippen LogP contribution in [0.2, 0.25) is 0 Å². The van der Waals surface area contributed by atoms with Crippen LogP contribution in [0.5, 0.6) is 5.75 Å². The minimum absolute atomic E-state index is 0.0267. The molecule has 3 aromatic rings. The molecule has 2 aromatic carbocycles. The van der Waals surface area contributed by atoms with E-state index in [0.717, 1.165) is 29.7 Å². The van der Waals surface area contributed by atoms with Crippen molar-refractivity contribution in [1.29, 1.82) is 0 Å². The van der Waals surface area contributed by atoms with E-state index in [1.165, 1.54) is 5.56 Å². The smallest absolute Gasteiger partial charge is 0.258 e. The molecule has 33 heavy (non-hydrogen) atoms. The number of hydrogen-bond acceptors (Lipinski definition) is 5. The van der Waals surface area contributed by atoms with Crippen molar-refractivity contribution in [3.8, 4) is 17.2 Å². The molecule has 1 aliphatic rings. The summed E-state index contributed by atoms with van der Waals surface area (Å²) < 4.78 is 11.2. The fraction of sp³-hybridized carbons (Fsp3) is 0.320. The van der Waals surface area contributed by atoms with E-state index in [-0.39, 0.29) is 12.5 Å². The highest BCUT2D eigenvalue weighted by Crippen LogP contribution is 2.20. The number of ether oxygens (including phenoxy) is 1. The summed E-state index contributed by atoms with van der Waals surface area (Å²) in [5.41, 5.74) is 3.94. The van der Waals surface area contributed by atoms with Gasteiger partial charge >= 0.3 is 0 Å². The number of aromatic nitrogens is 1. The number of guanidine groups is 1. The molecule has 0 aliphatic heterocycles. The third-order valence-corrected chi connectivity index (χ3v) is 5.18. The summed E-state index contributed by atoms with van der Waals surface area (Å²) in [6, 6.07) is 16.0. The van der Waals surface area contributed by atoms with Gasteiger partial charge in [0.2, 0.25) is 5.89 Å². The van der Waals surface area contributed by atoms with Crippen molar-refractivity contribution in [3.63, 3.8) is 0 Å². The molecule has 3 N–H and O–H groups in total. The maximum atomic E-state index is 11.8. The first-order valence-electron chi connectivity index (χ1n) is 11.1. The molecule has 1 aromatic heterocycles. The highest BCUT2D eigenvalue weighted by molar-refractivity contribution is 5.79. The minimum Gasteiger partial charge on any atom is -0.484 e. The van der Waals surface area contributed by atoms with E-state index >= 15 is 0 Å². The first-order valence-corrected chi connectivity index (χ1v) is 11.1. The van der Waals surface area contributed by atoms with Gasteiger partial charge < -0.3 is 25.1 Å². The van der Waals surface area contributed by atoms with Crippen LogP contribution in [0.25, 0.3) is 11.5 Å². The molecule has 0 radical (unpaired) electrons. The molecule has 8 nitrogen and oxygen atoms in total. The van der Waals surface area contributed by atoms with Crippen LogP contribution < -0.4 is 20.7 Å². The molecule has 1 heterocycles. The number of hydrogen-bond donors (Lipinski definition) is 3. The quantitative estimate of drug-likeness (QED) is 0.344. The third-order valence-electron chi connectivity index (χ3n) is 5.18. The predicted molar refractivity (Wildman–Crippen MR) is 127 cm³/mol. The van der Waals surface area contributed by atoms with Crippen molar-refractivity contribution in [3.05, 3.63) is 71.6 Å². The van der Waals surface area contributed by atoms with Crippen LogP contribution in [0.15, 0.2) is 64.2 Å². The molecule has 0 saturated heterocycles. The molecule has 1 amide bonds. The molecule has 1 fully saturated rings. The van der Waals surface area contributed by atoms with Gasteiger partial charge in [-0.1, -0.05) is 29.8 Å². The Bertz CT molecular complexity index is 1100. The second-order valence-electron chi connectivity index (χ2n) is 8.07. The Hall–Kier alpha value is -3.81. The Morgan fingerprint density at radius 1 is 1.15 bits per heavy atom. The van der Waals surface area contributed by atoms with Crippen molar-refractivity contribution in [2.45, 2.75) is 38.9 Å².